The highest BCUT2D eigenvalue weighted by molar-refractivity contribution is 6.83. The van der Waals surface area contributed by atoms with Gasteiger partial charge in [0.05, 0.1) is 5.57 Å². The van der Waals surface area contributed by atoms with Crippen LogP contribution in [0.1, 0.15) is 19.3 Å². The maximum atomic E-state index is 11.4. The summed E-state index contributed by atoms with van der Waals surface area (Å²) in [5, 5.41) is 0. The van der Waals surface area contributed by atoms with E-state index in [1.54, 1.807) is 0 Å². The second kappa shape index (κ2) is 3.93. The topological polar surface area (TPSA) is 17.1 Å². The Morgan fingerprint density at radius 2 is 2.08 bits per heavy atom. The van der Waals surface area contributed by atoms with Gasteiger partial charge in [0.25, 0.3) is 0 Å². The molecule has 0 heterocycles. The van der Waals surface area contributed by atoms with Gasteiger partial charge in [0.1, 0.15) is 8.07 Å². The lowest BCUT2D eigenvalue weighted by Gasteiger charge is -2.07. The summed E-state index contributed by atoms with van der Waals surface area (Å²) in [4.78, 5) is 11.4. The molecule has 1 rings (SSSR count). The smallest absolute Gasteiger partial charge is 0.170 e. The van der Waals surface area contributed by atoms with E-state index in [-0.39, 0.29) is 5.78 Å². The van der Waals surface area contributed by atoms with Gasteiger partial charge >= 0.3 is 0 Å². The normalized spacial score (nSPS) is 17.5. The van der Waals surface area contributed by atoms with Crippen LogP contribution >= 0.6 is 0 Å². The SMILES string of the molecule is C[Si](C)(C)C#CC1=CCCCC1=O. The van der Waals surface area contributed by atoms with E-state index < -0.39 is 8.07 Å². The Morgan fingerprint density at radius 3 is 2.62 bits per heavy atom. The van der Waals surface area contributed by atoms with Gasteiger partial charge in [-0.1, -0.05) is 31.6 Å². The van der Waals surface area contributed by atoms with Crippen LogP contribution in [-0.2, 0) is 4.79 Å². The van der Waals surface area contributed by atoms with Gasteiger partial charge in [-0.2, -0.15) is 0 Å². The Hall–Kier alpha value is -0.813. The molecule has 0 fully saturated rings. The molecule has 0 amide bonds. The van der Waals surface area contributed by atoms with Crippen LogP contribution in [0.2, 0.25) is 19.6 Å². The van der Waals surface area contributed by atoms with Gasteiger partial charge in [-0.05, 0) is 12.8 Å². The highest BCUT2D eigenvalue weighted by atomic mass is 28.3. The standard InChI is InChI=1S/C11H16OSi/c1-13(2,3)9-8-10-6-4-5-7-11(10)12/h6H,4-5,7H2,1-3H3. The number of carbonyl (C=O) groups excluding carboxylic acids is 1. The van der Waals surface area contributed by atoms with Gasteiger partial charge in [0, 0.05) is 6.42 Å². The van der Waals surface area contributed by atoms with E-state index in [1.807, 2.05) is 6.08 Å². The van der Waals surface area contributed by atoms with Crippen molar-refractivity contribution >= 4 is 13.9 Å². The van der Waals surface area contributed by atoms with E-state index in [0.29, 0.717) is 6.42 Å². The van der Waals surface area contributed by atoms with E-state index in [9.17, 15) is 4.79 Å². The van der Waals surface area contributed by atoms with E-state index in [2.05, 4.69) is 31.1 Å². The lowest BCUT2D eigenvalue weighted by atomic mass is 9.99. The Labute approximate surface area is 81.2 Å². The monoisotopic (exact) mass is 192 g/mol. The molecule has 1 nitrogen and oxygen atoms in total. The van der Waals surface area contributed by atoms with Crippen LogP contribution < -0.4 is 0 Å². The van der Waals surface area contributed by atoms with E-state index in [0.717, 1.165) is 18.4 Å². The molecule has 0 N–H and O–H groups in total. The molecule has 70 valence electrons. The van der Waals surface area contributed by atoms with Gasteiger partial charge in [-0.15, -0.1) is 5.54 Å². The molecule has 0 aromatic carbocycles. The van der Waals surface area contributed by atoms with Crippen LogP contribution in [0.5, 0.6) is 0 Å². The van der Waals surface area contributed by atoms with Crippen molar-refractivity contribution in [2.75, 3.05) is 0 Å². The van der Waals surface area contributed by atoms with Gasteiger partial charge in [0.2, 0.25) is 0 Å². The zero-order valence-electron chi connectivity index (χ0n) is 8.61. The van der Waals surface area contributed by atoms with Crippen molar-refractivity contribution in [2.24, 2.45) is 0 Å². The number of hydrogen-bond acceptors (Lipinski definition) is 1. The molecule has 0 saturated heterocycles. The van der Waals surface area contributed by atoms with Crippen molar-refractivity contribution < 1.29 is 4.79 Å². The molecule has 0 saturated carbocycles. The van der Waals surface area contributed by atoms with Crippen molar-refractivity contribution in [2.45, 2.75) is 38.9 Å². The summed E-state index contributed by atoms with van der Waals surface area (Å²) in [6, 6.07) is 0. The fourth-order valence-electron chi connectivity index (χ4n) is 1.13. The second-order valence-electron chi connectivity index (χ2n) is 4.43. The zero-order chi connectivity index (χ0) is 9.90. The van der Waals surface area contributed by atoms with Crippen molar-refractivity contribution in [1.29, 1.82) is 0 Å². The van der Waals surface area contributed by atoms with Crippen LogP contribution in [0, 0.1) is 11.5 Å². The molecule has 13 heavy (non-hydrogen) atoms. The third-order valence-electron chi connectivity index (χ3n) is 1.83. The van der Waals surface area contributed by atoms with E-state index in [1.165, 1.54) is 0 Å². The number of allylic oxidation sites excluding steroid dienone is 2. The molecule has 0 bridgehead atoms. The first-order valence-electron chi connectivity index (χ1n) is 4.75. The molecule has 1 aliphatic rings. The predicted molar refractivity (Wildman–Crippen MR) is 58.1 cm³/mol. The van der Waals surface area contributed by atoms with Gasteiger partial charge in [-0.3, -0.25) is 4.79 Å². The van der Waals surface area contributed by atoms with Crippen LogP contribution in [0.25, 0.3) is 0 Å². The van der Waals surface area contributed by atoms with Crippen molar-refractivity contribution in [3.63, 3.8) is 0 Å². The Kier molecular flexibility index (Phi) is 3.10. The second-order valence-corrected chi connectivity index (χ2v) is 9.18. The Morgan fingerprint density at radius 1 is 1.38 bits per heavy atom. The number of carbonyl (C=O) groups is 1. The third kappa shape index (κ3) is 3.60. The average molecular weight is 192 g/mol. The Balaban J connectivity index is 2.76. The molecule has 0 unspecified atom stereocenters. The van der Waals surface area contributed by atoms with Crippen molar-refractivity contribution in [3.05, 3.63) is 11.6 Å². The molecule has 2 heteroatoms. The number of ketones is 1. The van der Waals surface area contributed by atoms with Crippen LogP contribution in [-0.4, -0.2) is 13.9 Å². The molecule has 0 atom stereocenters. The van der Waals surface area contributed by atoms with Crippen LogP contribution in [0.3, 0.4) is 0 Å². The first-order chi connectivity index (χ1) is 5.99. The maximum absolute atomic E-state index is 11.4. The largest absolute Gasteiger partial charge is 0.293 e. The summed E-state index contributed by atoms with van der Waals surface area (Å²) >= 11 is 0. The number of Topliss-reactive ketones (excluding diaryl/α,β-unsaturated/α-hetero) is 1. The minimum absolute atomic E-state index is 0.233. The number of hydrogen-bond donors (Lipinski definition) is 0. The maximum Gasteiger partial charge on any atom is 0.170 e. The molecule has 1 aliphatic carbocycles. The lowest BCUT2D eigenvalue weighted by molar-refractivity contribution is -0.115. The predicted octanol–water partition coefficient (Wildman–Crippen LogP) is 2.55. The highest BCUT2D eigenvalue weighted by Gasteiger charge is 2.12. The molecule has 0 spiro atoms. The summed E-state index contributed by atoms with van der Waals surface area (Å²) in [5.74, 6) is 3.27. The summed E-state index contributed by atoms with van der Waals surface area (Å²) in [7, 11) is -1.32. The minimum Gasteiger partial charge on any atom is -0.293 e. The summed E-state index contributed by atoms with van der Waals surface area (Å²) in [5.41, 5.74) is 3.98. The fraction of sp³-hybridized carbons (Fsp3) is 0.545. The molecule has 0 aromatic rings. The van der Waals surface area contributed by atoms with Crippen LogP contribution in [0.15, 0.2) is 11.6 Å². The first-order valence-corrected chi connectivity index (χ1v) is 8.25. The molecule has 0 radical (unpaired) electrons. The average Bonchev–Trinajstić information content (AvgIpc) is 2.01. The quantitative estimate of drug-likeness (QED) is 0.426. The molecule has 0 aromatic heterocycles. The lowest BCUT2D eigenvalue weighted by Crippen LogP contribution is -2.17. The van der Waals surface area contributed by atoms with Crippen molar-refractivity contribution in [3.8, 4) is 11.5 Å². The summed E-state index contributed by atoms with van der Waals surface area (Å²) in [6.45, 7) is 6.57. The Bertz CT molecular complexity index is 296. The minimum atomic E-state index is -1.32. The van der Waals surface area contributed by atoms with Crippen molar-refractivity contribution in [1.82, 2.24) is 0 Å². The molecular formula is C11H16OSi. The third-order valence-corrected chi connectivity index (χ3v) is 2.70. The summed E-state index contributed by atoms with van der Waals surface area (Å²) < 4.78 is 0. The van der Waals surface area contributed by atoms with Gasteiger partial charge in [-0.25, -0.2) is 0 Å². The van der Waals surface area contributed by atoms with E-state index >= 15 is 0 Å². The number of rotatable bonds is 0. The van der Waals surface area contributed by atoms with Crippen LogP contribution in [0.4, 0.5) is 0 Å². The van der Waals surface area contributed by atoms with Gasteiger partial charge in [0.15, 0.2) is 5.78 Å². The summed E-state index contributed by atoms with van der Waals surface area (Å²) in [6.07, 6.45) is 4.68. The van der Waals surface area contributed by atoms with E-state index in [4.69, 9.17) is 0 Å². The molecular weight excluding hydrogens is 176 g/mol. The highest BCUT2D eigenvalue weighted by Crippen LogP contribution is 2.13. The zero-order valence-corrected chi connectivity index (χ0v) is 9.61. The molecule has 0 aliphatic heterocycles. The first kappa shape index (κ1) is 10.3. The van der Waals surface area contributed by atoms with Gasteiger partial charge < -0.3 is 0 Å². The fourth-order valence-corrected chi connectivity index (χ4v) is 1.64.